The maximum absolute atomic E-state index is 17.0. The standard InChI is InChI=1S/C37H38ClFN8O3.C37H39ClFN7O2.C36H36ClFN8O3/c1-9-26(48)45-15-25-36(49)44(8)35-33(46(25)14-20(45)7)21-12-23(39)28(27-19(6)10-11-24-22(27)13-42-43-24)29(38)32(21)47(37(35)50)34-30(17(2)3)40-16-41-31(34)18(4)5;1-8-28(47)44-16-22-10-11-23-34(45(22)15-21(44)7)24-13-26(39)30(29-20(6)9-12-27-25(29)14-42-43-27)31(38)35(24)46(37(23)48)36-32(18(2)3)40-17-41-33(36)19(4)5;1-8-25(47)44-14-24-35(48)42-31-33(45(24)13-19(44)7)20-11-22(38)27(26-18(6)9-10-23-21(26)12-41-43-23)28(37)32(20)46(36(31)49)34-29(16(2)3)39-15-40-30(34)17(4)5/h9-13,16-18,20,25H,1,14-15H2,2-8H3,(H,42,43);8-9,12-14,17-19,21-22H,1,10-11,15-16H2,2-7H3,(H,42,43);8-12,15-17,19,24H,1,13-14H2,2-7H3,(H,41,43)(H,42,48). The average molecular weight is 2050 g/mol. The van der Waals surface area contributed by atoms with E-state index in [0.717, 1.165) is 27.6 Å². The number of aryl methyl sites for hydroxylation is 3. The normalized spacial score (nSPS) is 17.7. The van der Waals surface area contributed by atoms with Gasteiger partial charge in [-0.15, -0.1) is 0 Å². The molecule has 0 spiro atoms. The number of hydrogen-bond donors (Lipinski definition) is 4. The fourth-order valence-electron chi connectivity index (χ4n) is 22.7. The van der Waals surface area contributed by atoms with E-state index in [4.69, 9.17) is 34.8 Å². The Balaban J connectivity index is 0.000000139. The molecular weight excluding hydrogens is 1930 g/mol. The SMILES string of the molecule is C=CC(=O)N1CC2C(=O)N(C)c3c(c4cc(F)c(-c5c(C)ccc6[nH]ncc56)c(Cl)c4n(-c4c(C(C)C)ncnc4C(C)C)c3=O)N2CC1C.C=CC(=O)N1CC2C(=O)Nc3c(c4cc(F)c(-c5c(C)ccc6[nH]ncc56)c(Cl)c4n(-c4c(C(C)C)ncnc4C(C)C)c3=O)N2CC1C.C=CC(=O)N1CC2CCc3c(c4cc(F)c(-c5c(C)ccc6[nH]ncc56)c(Cl)c4n(-c4c(C(C)C)ncnc4C(C)C)c3=O)N2CC1C. The van der Waals surface area contributed by atoms with Crippen LogP contribution in [0.1, 0.15) is 202 Å². The minimum atomic E-state index is -0.841. The molecule has 0 radical (unpaired) electrons. The van der Waals surface area contributed by atoms with E-state index in [0.29, 0.717) is 160 Å². The zero-order valence-electron chi connectivity index (χ0n) is 85.1. The van der Waals surface area contributed by atoms with Crippen molar-refractivity contribution in [3.63, 3.8) is 0 Å². The first-order valence-corrected chi connectivity index (χ1v) is 50.5. The highest BCUT2D eigenvalue weighted by molar-refractivity contribution is 6.41. The fourth-order valence-corrected chi connectivity index (χ4v) is 23.8. The number of hydrogen-bond acceptors (Lipinski definition) is 20. The van der Waals surface area contributed by atoms with E-state index in [9.17, 15) is 24.0 Å². The first-order chi connectivity index (χ1) is 70.1. The van der Waals surface area contributed by atoms with E-state index in [1.54, 1.807) is 44.2 Å². The highest BCUT2D eigenvalue weighted by Gasteiger charge is 2.50. The second kappa shape index (κ2) is 38.6. The molecule has 4 N–H and O–H groups in total. The molecule has 3 saturated heterocycles. The second-order valence-electron chi connectivity index (χ2n) is 40.9. The number of amides is 5. The number of carbonyl (C=O) groups excluding carboxylic acids is 5. The van der Waals surface area contributed by atoms with Crippen molar-refractivity contribution in [3.05, 3.63) is 250 Å². The first-order valence-electron chi connectivity index (χ1n) is 49.4. The summed E-state index contributed by atoms with van der Waals surface area (Å²) in [5.41, 5.74) is 13.7. The quantitative estimate of drug-likeness (QED) is 0.0693. The molecule has 6 atom stereocenters. The molecule has 758 valence electrons. The van der Waals surface area contributed by atoms with Crippen molar-refractivity contribution >= 4 is 158 Å². The Kier molecular flexibility index (Phi) is 26.5. The number of rotatable bonds is 15. The zero-order chi connectivity index (χ0) is 105. The van der Waals surface area contributed by atoms with E-state index in [1.807, 2.05) is 171 Å². The third kappa shape index (κ3) is 16.3. The van der Waals surface area contributed by atoms with Crippen molar-refractivity contribution in [3.8, 4) is 50.4 Å². The summed E-state index contributed by atoms with van der Waals surface area (Å²) in [6.45, 7) is 47.7. The van der Waals surface area contributed by atoms with E-state index in [2.05, 4.69) is 90.4 Å². The molecule has 0 aliphatic carbocycles. The molecule has 6 aromatic carbocycles. The van der Waals surface area contributed by atoms with Crippen LogP contribution >= 0.6 is 34.8 Å². The Morgan fingerprint density at radius 2 is 0.728 bits per heavy atom. The molecule has 5 amide bonds. The van der Waals surface area contributed by atoms with Gasteiger partial charge in [-0.25, -0.2) is 43.1 Å². The van der Waals surface area contributed by atoms with Gasteiger partial charge in [0.05, 0.1) is 148 Å². The number of H-pyrrole nitrogens is 3. The van der Waals surface area contributed by atoms with Crippen molar-refractivity contribution in [2.75, 3.05) is 71.2 Å². The minimum absolute atomic E-state index is 0.00551. The van der Waals surface area contributed by atoms with Crippen LogP contribution in [0.5, 0.6) is 0 Å². The van der Waals surface area contributed by atoms with Gasteiger partial charge >= 0.3 is 0 Å². The van der Waals surface area contributed by atoms with E-state index in [1.165, 1.54) is 70.2 Å². The summed E-state index contributed by atoms with van der Waals surface area (Å²) in [5.74, 6) is -3.87. The van der Waals surface area contributed by atoms with Gasteiger partial charge in [-0.3, -0.25) is 67.4 Å². The number of likely N-dealkylation sites (N-methyl/N-ethyl adjacent to an activating group) is 1. The van der Waals surface area contributed by atoms with Crippen molar-refractivity contribution in [1.82, 2.24) is 88.9 Å². The number of nitrogens with one attached hydrogen (secondary N) is 4. The van der Waals surface area contributed by atoms with Gasteiger partial charge in [-0.1, -0.05) is 156 Å². The Labute approximate surface area is 859 Å². The summed E-state index contributed by atoms with van der Waals surface area (Å²) >= 11 is 22.4. The predicted octanol–water partition coefficient (Wildman–Crippen LogP) is 19.7. The van der Waals surface area contributed by atoms with Crippen LogP contribution in [0.2, 0.25) is 15.1 Å². The molecule has 21 rings (SSSR count). The maximum atomic E-state index is 17.0. The number of halogens is 6. The summed E-state index contributed by atoms with van der Waals surface area (Å²) in [6, 6.07) is 13.0. The highest BCUT2D eigenvalue weighted by Crippen LogP contribution is 2.54. The molecule has 6 aliphatic rings. The van der Waals surface area contributed by atoms with Crippen LogP contribution < -0.4 is 41.6 Å². The summed E-state index contributed by atoms with van der Waals surface area (Å²) in [5, 5.41) is 27.8. The molecule has 9 aromatic heterocycles. The molecule has 147 heavy (non-hydrogen) atoms. The number of pyridine rings is 3. The number of carbonyl (C=O) groups is 5. The van der Waals surface area contributed by atoms with Gasteiger partial charge in [0.25, 0.3) is 22.6 Å². The summed E-state index contributed by atoms with van der Waals surface area (Å²) in [6.07, 6.45) is 14.4. The molecule has 15 aromatic rings. The topological polar surface area (TPSA) is 349 Å². The van der Waals surface area contributed by atoms with Crippen LogP contribution in [-0.4, -0.2) is 201 Å². The van der Waals surface area contributed by atoms with Crippen molar-refractivity contribution < 1.29 is 37.1 Å². The number of fused-ring (bicyclic) bond motifs is 18. The highest BCUT2D eigenvalue weighted by atomic mass is 35.5. The Bertz CT molecular complexity index is 8270. The Morgan fingerprint density at radius 3 is 1.10 bits per heavy atom. The van der Waals surface area contributed by atoms with Gasteiger partial charge in [-0.2, -0.15) is 15.3 Å². The van der Waals surface area contributed by atoms with Crippen molar-refractivity contribution in [2.24, 2.45) is 0 Å². The van der Waals surface area contributed by atoms with Crippen LogP contribution in [0.15, 0.2) is 145 Å². The molecule has 0 saturated carbocycles. The lowest BCUT2D eigenvalue weighted by Crippen LogP contribution is -2.66. The van der Waals surface area contributed by atoms with Crippen LogP contribution in [0.25, 0.3) is 116 Å². The van der Waals surface area contributed by atoms with Crippen molar-refractivity contribution in [2.45, 2.75) is 209 Å². The van der Waals surface area contributed by atoms with Crippen molar-refractivity contribution in [1.29, 1.82) is 0 Å². The molecule has 15 heterocycles. The largest absolute Gasteiger partial charge is 0.364 e. The number of piperazine rings is 3. The monoisotopic (exact) mass is 2050 g/mol. The number of anilines is 5. The van der Waals surface area contributed by atoms with E-state index in [-0.39, 0.29) is 169 Å². The average Bonchev–Trinajstić information content (AvgIpc) is 1.08. The van der Waals surface area contributed by atoms with E-state index < -0.39 is 46.6 Å². The smallest absolute Gasteiger partial charge is 0.281 e. The summed E-state index contributed by atoms with van der Waals surface area (Å²) in [4.78, 5) is 152. The van der Waals surface area contributed by atoms with Crippen LogP contribution in [0.3, 0.4) is 0 Å². The second-order valence-corrected chi connectivity index (χ2v) is 42.0. The maximum Gasteiger partial charge on any atom is 0.281 e. The van der Waals surface area contributed by atoms with E-state index >= 15 is 27.6 Å². The summed E-state index contributed by atoms with van der Waals surface area (Å²) in [7, 11) is 1.54. The molecule has 31 nitrogen and oxygen atoms in total. The van der Waals surface area contributed by atoms with Crippen LogP contribution in [0, 0.1) is 38.2 Å². The zero-order valence-corrected chi connectivity index (χ0v) is 87.4. The molecule has 0 bridgehead atoms. The van der Waals surface area contributed by atoms with Crippen LogP contribution in [0.4, 0.5) is 41.6 Å². The Hall–Kier alpha value is -14.8. The van der Waals surface area contributed by atoms with Gasteiger partial charge in [0.1, 0.15) is 59.9 Å². The predicted molar refractivity (Wildman–Crippen MR) is 572 cm³/mol. The number of nitrogens with zero attached hydrogens (tertiary/aromatic N) is 19. The first kappa shape index (κ1) is 101. The van der Waals surface area contributed by atoms with Gasteiger partial charge in [-0.05, 0) is 161 Å². The van der Waals surface area contributed by atoms with Gasteiger partial charge in [0, 0.05) is 129 Å². The number of aromatic amines is 3. The molecule has 6 unspecified atom stereocenters. The van der Waals surface area contributed by atoms with Gasteiger partial charge in [0.2, 0.25) is 23.6 Å². The third-order valence-electron chi connectivity index (χ3n) is 29.7. The number of aromatic nitrogens is 15. The molecule has 6 aliphatic heterocycles. The van der Waals surface area contributed by atoms with Crippen LogP contribution in [-0.2, 0) is 30.4 Å². The lowest BCUT2D eigenvalue weighted by molar-refractivity contribution is -0.132. The van der Waals surface area contributed by atoms with Gasteiger partial charge < -0.3 is 39.6 Å². The molecule has 37 heteroatoms. The lowest BCUT2D eigenvalue weighted by Gasteiger charge is -2.50. The Morgan fingerprint density at radius 1 is 0.401 bits per heavy atom. The minimum Gasteiger partial charge on any atom is -0.364 e. The van der Waals surface area contributed by atoms with Gasteiger partial charge in [0.15, 0.2) is 0 Å². The lowest BCUT2D eigenvalue weighted by atomic mass is 9.89. The molecule has 3 fully saturated rings. The molecular formula is C110H113Cl3F3N23O8. The summed E-state index contributed by atoms with van der Waals surface area (Å²) < 4.78 is 55.4. The fraction of sp³-hybridized carbons (Fsp3) is 0.355. The third-order valence-corrected chi connectivity index (χ3v) is 30.8. The number of benzene rings is 6.